The molecule has 0 unspecified atom stereocenters. The third-order valence-electron chi connectivity index (χ3n) is 3.71. The molecule has 3 rings (SSSR count). The van der Waals surface area contributed by atoms with Crippen LogP contribution in [0.25, 0.3) is 12.2 Å². The summed E-state index contributed by atoms with van der Waals surface area (Å²) >= 11 is 5.15. The van der Waals surface area contributed by atoms with E-state index in [1.54, 1.807) is 12.1 Å². The van der Waals surface area contributed by atoms with Crippen LogP contribution in [-0.4, -0.2) is 10.2 Å². The Morgan fingerprint density at radius 3 is 2.00 bits per heavy atom. The molecule has 0 bridgehead atoms. The van der Waals surface area contributed by atoms with E-state index in [0.29, 0.717) is 0 Å². The summed E-state index contributed by atoms with van der Waals surface area (Å²) < 4.78 is 26.6. The smallest absolute Gasteiger partial charge is 0.175 e. The zero-order chi connectivity index (χ0) is 19.2. The number of nitrogens with one attached hydrogen (secondary N) is 2. The van der Waals surface area contributed by atoms with Gasteiger partial charge in [-0.2, -0.15) is 0 Å². The highest BCUT2D eigenvalue weighted by Crippen LogP contribution is 2.17. The van der Waals surface area contributed by atoms with E-state index >= 15 is 0 Å². The topological polar surface area (TPSA) is 44.3 Å². The third kappa shape index (κ3) is 5.36. The lowest BCUT2D eigenvalue weighted by Crippen LogP contribution is -2.19. The third-order valence-corrected chi connectivity index (χ3v) is 3.91. The van der Waals surface area contributed by atoms with Gasteiger partial charge in [0.05, 0.1) is 5.69 Å². The fourth-order valence-electron chi connectivity index (χ4n) is 2.33. The molecule has 0 saturated heterocycles. The van der Waals surface area contributed by atoms with Crippen LogP contribution in [0.3, 0.4) is 0 Å². The van der Waals surface area contributed by atoms with Crippen molar-refractivity contribution in [2.75, 3.05) is 10.6 Å². The first kappa shape index (κ1) is 18.5. The first-order chi connectivity index (χ1) is 13.0. The highest BCUT2D eigenvalue weighted by molar-refractivity contribution is 7.80. The van der Waals surface area contributed by atoms with Gasteiger partial charge in [0.15, 0.2) is 5.11 Å². The number of halogens is 2. The second kappa shape index (κ2) is 8.42. The van der Waals surface area contributed by atoms with Gasteiger partial charge in [0, 0.05) is 11.8 Å². The Morgan fingerprint density at radius 1 is 0.815 bits per heavy atom. The fourth-order valence-corrected chi connectivity index (χ4v) is 2.56. The number of benzene rings is 3. The van der Waals surface area contributed by atoms with Crippen LogP contribution in [0.5, 0.6) is 5.75 Å². The van der Waals surface area contributed by atoms with Gasteiger partial charge >= 0.3 is 0 Å². The number of rotatable bonds is 4. The quantitative estimate of drug-likeness (QED) is 0.403. The first-order valence-electron chi connectivity index (χ1n) is 8.10. The minimum absolute atomic E-state index is 0.0994. The van der Waals surface area contributed by atoms with Gasteiger partial charge in [-0.15, -0.1) is 0 Å². The van der Waals surface area contributed by atoms with Crippen LogP contribution in [0.15, 0.2) is 66.7 Å². The maximum atomic E-state index is 13.6. The number of phenols is 1. The summed E-state index contributed by atoms with van der Waals surface area (Å²) in [5, 5.41) is 15.1. The van der Waals surface area contributed by atoms with E-state index in [1.807, 2.05) is 48.6 Å². The molecule has 0 saturated carbocycles. The van der Waals surface area contributed by atoms with E-state index in [-0.39, 0.29) is 16.5 Å². The minimum Gasteiger partial charge on any atom is -0.508 e. The molecule has 0 aromatic heterocycles. The predicted molar refractivity (Wildman–Crippen MR) is 110 cm³/mol. The molecule has 0 atom stereocenters. The van der Waals surface area contributed by atoms with Crippen LogP contribution in [0.1, 0.15) is 11.1 Å². The van der Waals surface area contributed by atoms with Crippen LogP contribution in [0.4, 0.5) is 20.2 Å². The van der Waals surface area contributed by atoms with Gasteiger partial charge in [0.1, 0.15) is 17.4 Å². The van der Waals surface area contributed by atoms with E-state index < -0.39 is 11.6 Å². The summed E-state index contributed by atoms with van der Waals surface area (Å²) in [4.78, 5) is 0. The first-order valence-corrected chi connectivity index (χ1v) is 8.51. The highest BCUT2D eigenvalue weighted by atomic mass is 32.1. The molecule has 3 N–H and O–H groups in total. The van der Waals surface area contributed by atoms with E-state index in [4.69, 9.17) is 12.2 Å². The lowest BCUT2D eigenvalue weighted by molar-refractivity contribution is 0.475. The average molecular weight is 382 g/mol. The van der Waals surface area contributed by atoms with E-state index in [9.17, 15) is 13.9 Å². The summed E-state index contributed by atoms with van der Waals surface area (Å²) in [7, 11) is 0. The molecule has 0 aliphatic heterocycles. The number of thiocarbonyl (C=S) groups is 1. The van der Waals surface area contributed by atoms with Gasteiger partial charge in [-0.3, -0.25) is 0 Å². The Kier molecular flexibility index (Phi) is 5.78. The van der Waals surface area contributed by atoms with Crippen molar-refractivity contribution in [2.24, 2.45) is 0 Å². The molecular formula is C21H16F2N2OS. The zero-order valence-corrected chi connectivity index (χ0v) is 14.9. The van der Waals surface area contributed by atoms with Crippen molar-refractivity contribution in [3.05, 3.63) is 89.5 Å². The normalized spacial score (nSPS) is 10.7. The summed E-state index contributed by atoms with van der Waals surface area (Å²) in [6.45, 7) is 0. The Morgan fingerprint density at radius 2 is 1.41 bits per heavy atom. The monoisotopic (exact) mass is 382 g/mol. The second-order valence-corrected chi connectivity index (χ2v) is 6.16. The van der Waals surface area contributed by atoms with Gasteiger partial charge in [-0.05, 0) is 59.7 Å². The zero-order valence-electron chi connectivity index (χ0n) is 14.1. The molecule has 27 heavy (non-hydrogen) atoms. The number of hydrogen-bond acceptors (Lipinski definition) is 2. The van der Waals surface area contributed by atoms with Crippen molar-refractivity contribution >= 4 is 40.9 Å². The number of anilines is 2. The van der Waals surface area contributed by atoms with Crippen LogP contribution in [0, 0.1) is 11.6 Å². The molecule has 0 aliphatic carbocycles. The van der Waals surface area contributed by atoms with Crippen LogP contribution < -0.4 is 10.6 Å². The molecule has 6 heteroatoms. The van der Waals surface area contributed by atoms with E-state index in [1.165, 1.54) is 6.07 Å². The molecule has 3 nitrogen and oxygen atoms in total. The van der Waals surface area contributed by atoms with Crippen LogP contribution in [0.2, 0.25) is 0 Å². The fraction of sp³-hybridized carbons (Fsp3) is 0. The molecule has 3 aromatic carbocycles. The van der Waals surface area contributed by atoms with E-state index in [2.05, 4.69) is 10.6 Å². The van der Waals surface area contributed by atoms with Gasteiger partial charge < -0.3 is 15.7 Å². The van der Waals surface area contributed by atoms with Gasteiger partial charge in [-0.25, -0.2) is 8.78 Å². The van der Waals surface area contributed by atoms with Crippen molar-refractivity contribution < 1.29 is 13.9 Å². The maximum absolute atomic E-state index is 13.6. The SMILES string of the molecule is Oc1ccc(/C=C/c2ccc(NC(=S)Nc3ccc(F)cc3F)cc2)cc1. The maximum Gasteiger partial charge on any atom is 0.175 e. The summed E-state index contributed by atoms with van der Waals surface area (Å²) in [5.74, 6) is -1.13. The van der Waals surface area contributed by atoms with Crippen molar-refractivity contribution in [1.29, 1.82) is 0 Å². The van der Waals surface area contributed by atoms with Gasteiger partial charge in [0.25, 0.3) is 0 Å². The molecule has 0 heterocycles. The molecule has 0 radical (unpaired) electrons. The van der Waals surface area contributed by atoms with Crippen LogP contribution in [-0.2, 0) is 0 Å². The molecule has 3 aromatic rings. The largest absolute Gasteiger partial charge is 0.508 e. The molecular weight excluding hydrogens is 366 g/mol. The van der Waals surface area contributed by atoms with Crippen molar-refractivity contribution in [2.45, 2.75) is 0 Å². The summed E-state index contributed by atoms with van der Waals surface area (Å²) in [6, 6.07) is 17.6. The van der Waals surface area contributed by atoms with Gasteiger partial charge in [0.2, 0.25) is 0 Å². The van der Waals surface area contributed by atoms with Crippen molar-refractivity contribution in [3.63, 3.8) is 0 Å². The van der Waals surface area contributed by atoms with Crippen LogP contribution >= 0.6 is 12.2 Å². The Labute approximate surface area is 161 Å². The molecule has 136 valence electrons. The molecule has 0 amide bonds. The van der Waals surface area contributed by atoms with Crippen molar-refractivity contribution in [1.82, 2.24) is 0 Å². The van der Waals surface area contributed by atoms with Gasteiger partial charge in [-0.1, -0.05) is 36.4 Å². The standard InChI is InChI=1S/C21H16F2N2OS/c22-16-7-12-20(19(23)13-16)25-21(27)24-17-8-3-14(4-9-17)1-2-15-5-10-18(26)11-6-15/h1-13,26H,(H2,24,25,27)/b2-1+. The predicted octanol–water partition coefficient (Wildman–Crippen LogP) is 5.65. The lowest BCUT2D eigenvalue weighted by Gasteiger charge is -2.11. The lowest BCUT2D eigenvalue weighted by atomic mass is 10.1. The number of hydrogen-bond donors (Lipinski definition) is 3. The average Bonchev–Trinajstić information content (AvgIpc) is 2.65. The summed E-state index contributed by atoms with van der Waals surface area (Å²) in [5.41, 5.74) is 2.79. The number of aromatic hydroxyl groups is 1. The Balaban J connectivity index is 1.59. The van der Waals surface area contributed by atoms with E-state index in [0.717, 1.165) is 28.9 Å². The molecule has 0 aliphatic rings. The molecule has 0 spiro atoms. The minimum atomic E-state index is -0.714. The highest BCUT2D eigenvalue weighted by Gasteiger charge is 2.05. The summed E-state index contributed by atoms with van der Waals surface area (Å²) in [6.07, 6.45) is 3.88. The molecule has 0 fully saturated rings. The number of phenolic OH excluding ortho intramolecular Hbond substituents is 1. The van der Waals surface area contributed by atoms with Crippen molar-refractivity contribution in [3.8, 4) is 5.75 Å². The Hall–Kier alpha value is -3.25. The Bertz CT molecular complexity index is 970. The second-order valence-electron chi connectivity index (χ2n) is 5.75.